The first kappa shape index (κ1) is 34.5. The highest BCUT2D eigenvalue weighted by Crippen LogP contribution is 2.64. The lowest BCUT2D eigenvalue weighted by molar-refractivity contribution is 1.20. The smallest absolute Gasteiger partial charge is 0.0372 e. The van der Waals surface area contributed by atoms with Gasteiger partial charge in [-0.15, -0.1) is 0 Å². The molecule has 1 fully saturated rings. The van der Waals surface area contributed by atoms with Gasteiger partial charge in [0, 0.05) is 49.8 Å². The van der Waals surface area contributed by atoms with Crippen molar-refractivity contribution in [2.24, 2.45) is 0 Å². The van der Waals surface area contributed by atoms with Gasteiger partial charge in [0.2, 0.25) is 0 Å². The number of hydrogen-bond donors (Lipinski definition) is 0. The molecule has 35 heavy (non-hydrogen) atoms. The van der Waals surface area contributed by atoms with Crippen LogP contribution in [0.25, 0.3) is 0 Å². The summed E-state index contributed by atoms with van der Waals surface area (Å²) in [6.07, 6.45) is 0. The zero-order valence-corrected chi connectivity index (χ0v) is 34.4. The Balaban J connectivity index is 4.95. The van der Waals surface area contributed by atoms with Crippen LogP contribution < -0.4 is 0 Å². The lowest BCUT2D eigenvalue weighted by Gasteiger charge is -2.66. The fourth-order valence-electron chi connectivity index (χ4n) is 14.4. The largest absolute Gasteiger partial charge is 0.0682 e. The van der Waals surface area contributed by atoms with Gasteiger partial charge < -0.3 is 0 Å². The van der Waals surface area contributed by atoms with E-state index < -0.39 is 49.8 Å². The topological polar surface area (TPSA) is 0 Å². The predicted molar refractivity (Wildman–Crippen MR) is 187 cm³/mol. The van der Waals surface area contributed by atoms with Crippen LogP contribution in [0.1, 0.15) is 96.9 Å². The van der Waals surface area contributed by atoms with Crippen molar-refractivity contribution in [3.05, 3.63) is 0 Å². The first-order valence-electron chi connectivity index (χ1n) is 16.6. The van der Waals surface area contributed by atoms with Crippen LogP contribution in [0.2, 0.25) is 84.6 Å². The third kappa shape index (κ3) is 3.52. The fraction of sp³-hybridized carbons (Fsp3) is 1.00. The van der Waals surface area contributed by atoms with E-state index in [2.05, 4.69) is 96.9 Å². The van der Waals surface area contributed by atoms with Gasteiger partial charge in [-0.05, 0) is 0 Å². The Kier molecular flexibility index (Phi) is 12.6. The standard InChI is InChI=1S/C28H70Si7/c1-15-29(16-2)30(17-3,18-4)32(21-7,22-8)34(25-11,26-12)35(27-13,28-14)33(23-9,24-10)31(29,19-5)20-6/h15-28H2,1-14H3. The van der Waals surface area contributed by atoms with Crippen LogP contribution in [0.15, 0.2) is 0 Å². The minimum absolute atomic E-state index is 1.37. The molecule has 1 saturated heterocycles. The van der Waals surface area contributed by atoms with E-state index in [9.17, 15) is 0 Å². The summed E-state index contributed by atoms with van der Waals surface area (Å²) in [5.74, 6) is 0. The van der Waals surface area contributed by atoms with Crippen LogP contribution in [0.5, 0.6) is 0 Å². The average molecular weight is 603 g/mol. The van der Waals surface area contributed by atoms with Gasteiger partial charge in [0.1, 0.15) is 0 Å². The van der Waals surface area contributed by atoms with Crippen molar-refractivity contribution in [2.75, 3.05) is 0 Å². The monoisotopic (exact) mass is 602 g/mol. The lowest BCUT2D eigenvalue weighted by atomic mass is 10.9. The van der Waals surface area contributed by atoms with E-state index in [4.69, 9.17) is 0 Å². The van der Waals surface area contributed by atoms with Crippen LogP contribution in [0.4, 0.5) is 0 Å². The quantitative estimate of drug-likeness (QED) is 0.173. The van der Waals surface area contributed by atoms with Gasteiger partial charge in [0.05, 0.1) is 0 Å². The molecule has 0 amide bonds. The van der Waals surface area contributed by atoms with Gasteiger partial charge in [-0.3, -0.25) is 0 Å². The van der Waals surface area contributed by atoms with E-state index in [-0.39, 0.29) is 0 Å². The second-order valence-electron chi connectivity index (χ2n) is 12.5. The van der Waals surface area contributed by atoms with E-state index >= 15 is 0 Å². The van der Waals surface area contributed by atoms with Gasteiger partial charge in [-0.25, -0.2) is 0 Å². The molecule has 0 aromatic carbocycles. The molecule has 0 aromatic rings. The van der Waals surface area contributed by atoms with Crippen molar-refractivity contribution >= 4 is 49.8 Å². The number of rotatable bonds is 14. The summed E-state index contributed by atoms with van der Waals surface area (Å²) >= 11 is 0. The van der Waals surface area contributed by atoms with Crippen LogP contribution >= 0.6 is 0 Å². The van der Waals surface area contributed by atoms with E-state index in [0.29, 0.717) is 0 Å². The van der Waals surface area contributed by atoms with Gasteiger partial charge in [-0.2, -0.15) is 0 Å². The fourth-order valence-corrected chi connectivity index (χ4v) is 336. The van der Waals surface area contributed by atoms with E-state index in [0.717, 1.165) is 0 Å². The van der Waals surface area contributed by atoms with Crippen LogP contribution in [-0.2, 0) is 0 Å². The molecule has 0 bridgehead atoms. The Morgan fingerprint density at radius 2 is 0.229 bits per heavy atom. The molecule has 1 aliphatic heterocycles. The van der Waals surface area contributed by atoms with Gasteiger partial charge >= 0.3 is 0 Å². The van der Waals surface area contributed by atoms with Gasteiger partial charge in [-0.1, -0.05) is 182 Å². The minimum Gasteiger partial charge on any atom is -0.0682 e. The molecule has 0 spiro atoms. The third-order valence-electron chi connectivity index (χ3n) is 14.9. The first-order chi connectivity index (χ1) is 16.6. The maximum atomic E-state index is 2.82. The lowest BCUT2D eigenvalue weighted by Crippen LogP contribution is -2.90. The molecule has 0 nitrogen and oxygen atoms in total. The van der Waals surface area contributed by atoms with Gasteiger partial charge in [0.25, 0.3) is 0 Å². The van der Waals surface area contributed by atoms with E-state index in [1.165, 1.54) is 0 Å². The first-order valence-corrected chi connectivity index (χ1v) is 40.5. The Morgan fingerprint density at radius 1 is 0.171 bits per heavy atom. The Morgan fingerprint density at radius 3 is 0.257 bits per heavy atom. The normalized spacial score (nSPS) is 25.2. The maximum absolute atomic E-state index is 2.82. The molecule has 0 aromatic heterocycles. The summed E-state index contributed by atoms with van der Waals surface area (Å²) in [5.41, 5.74) is 0. The highest BCUT2D eigenvalue weighted by Gasteiger charge is 2.84. The summed E-state index contributed by atoms with van der Waals surface area (Å²) in [6, 6.07) is 24.0. The predicted octanol–water partition coefficient (Wildman–Crippen LogP) is 11.0. The molecule has 7 heteroatoms. The summed E-state index contributed by atoms with van der Waals surface area (Å²) in [5, 5.41) is 0. The summed E-state index contributed by atoms with van der Waals surface area (Å²) in [6.45, 7) is 39.4. The van der Waals surface area contributed by atoms with E-state index in [1.54, 1.807) is 84.6 Å². The van der Waals surface area contributed by atoms with Crippen molar-refractivity contribution in [3.8, 4) is 0 Å². The highest BCUT2D eigenvalue weighted by molar-refractivity contribution is 8.14. The molecule has 0 atom stereocenters. The summed E-state index contributed by atoms with van der Waals surface area (Å²) in [7, 11) is -9.57. The van der Waals surface area contributed by atoms with Crippen LogP contribution in [-0.4, -0.2) is 49.8 Å². The molecule has 0 N–H and O–H groups in total. The van der Waals surface area contributed by atoms with Crippen LogP contribution in [0, 0.1) is 0 Å². The van der Waals surface area contributed by atoms with Crippen molar-refractivity contribution in [1.82, 2.24) is 0 Å². The highest BCUT2D eigenvalue weighted by atomic mass is 30.2. The molecule has 1 heterocycles. The molecular weight excluding hydrogens is 533 g/mol. The molecule has 0 saturated carbocycles. The van der Waals surface area contributed by atoms with Crippen molar-refractivity contribution in [1.29, 1.82) is 0 Å². The number of hydrogen-bond acceptors (Lipinski definition) is 0. The minimum atomic E-state index is -1.37. The third-order valence-corrected chi connectivity index (χ3v) is 189. The zero-order valence-electron chi connectivity index (χ0n) is 27.4. The molecule has 0 aliphatic carbocycles. The van der Waals surface area contributed by atoms with Gasteiger partial charge in [0.15, 0.2) is 0 Å². The molecular formula is C28H70Si7. The second-order valence-corrected chi connectivity index (χ2v) is 88.3. The Bertz CT molecular complexity index is 448. The summed E-state index contributed by atoms with van der Waals surface area (Å²) in [4.78, 5) is 0. The molecule has 0 radical (unpaired) electrons. The Hall–Kier alpha value is 1.52. The van der Waals surface area contributed by atoms with Crippen molar-refractivity contribution in [3.63, 3.8) is 0 Å². The Labute approximate surface area is 230 Å². The average Bonchev–Trinajstić information content (AvgIpc) is 2.96. The van der Waals surface area contributed by atoms with E-state index in [1.807, 2.05) is 0 Å². The molecule has 1 aliphatic rings. The molecule has 210 valence electrons. The van der Waals surface area contributed by atoms with Crippen LogP contribution in [0.3, 0.4) is 0 Å². The van der Waals surface area contributed by atoms with Crippen molar-refractivity contribution in [2.45, 2.75) is 182 Å². The molecule has 1 rings (SSSR count). The zero-order chi connectivity index (χ0) is 27.4. The summed E-state index contributed by atoms with van der Waals surface area (Å²) < 4.78 is 0. The van der Waals surface area contributed by atoms with Crippen molar-refractivity contribution < 1.29 is 0 Å². The maximum Gasteiger partial charge on any atom is 0.0372 e. The molecule has 0 unspecified atom stereocenters. The second kappa shape index (κ2) is 12.8. The SMILES string of the molecule is CC[Si]1(CC)[Si](CC)(CC)[Si](CC)(CC)[Si](CC)(CC)[Si](CC)(CC)[Si](CC)(CC)[Si]1(CC)CC.